The molecule has 0 bridgehead atoms. The van der Waals surface area contributed by atoms with Gasteiger partial charge in [0, 0.05) is 11.6 Å². The minimum atomic E-state index is -1.65. The number of nitrogens with one attached hydrogen (secondary N) is 1. The molecule has 0 spiro atoms. The Bertz CT molecular complexity index is 672. The first-order chi connectivity index (χ1) is 9.91. The highest BCUT2D eigenvalue weighted by Crippen LogP contribution is 2.24. The lowest BCUT2D eigenvalue weighted by molar-refractivity contribution is 0.458. The summed E-state index contributed by atoms with van der Waals surface area (Å²) < 4.78 is 65.9. The summed E-state index contributed by atoms with van der Waals surface area (Å²) in [7, 11) is 0. The largest absolute Gasteiger partial charge is 0.272 e. The molecule has 2 aromatic carbocycles. The normalized spacial score (nSPS) is 11.1. The minimum Gasteiger partial charge on any atom is -0.272 e. The van der Waals surface area contributed by atoms with Crippen molar-refractivity contribution in [3.05, 3.63) is 63.9 Å². The van der Waals surface area contributed by atoms with E-state index in [0.29, 0.717) is 0 Å². The number of rotatable bonds is 3. The molecule has 21 heavy (non-hydrogen) atoms. The summed E-state index contributed by atoms with van der Waals surface area (Å²) in [5, 5.41) is 3.33. The lowest BCUT2D eigenvalue weighted by Gasteiger charge is -2.06. The molecule has 0 radical (unpaired) electrons. The van der Waals surface area contributed by atoms with Crippen LogP contribution in [0.25, 0.3) is 0 Å². The van der Waals surface area contributed by atoms with Crippen molar-refractivity contribution >= 4 is 23.5 Å². The van der Waals surface area contributed by atoms with Gasteiger partial charge in [0.2, 0.25) is 0 Å². The summed E-state index contributed by atoms with van der Waals surface area (Å²) in [6, 6.07) is 3.88. The number of hydrazone groups is 1. The summed E-state index contributed by atoms with van der Waals surface area (Å²) in [5.41, 5.74) is 0.503. The van der Waals surface area contributed by atoms with Gasteiger partial charge in [-0.1, -0.05) is 17.7 Å². The zero-order valence-corrected chi connectivity index (χ0v) is 10.9. The van der Waals surface area contributed by atoms with E-state index in [9.17, 15) is 22.0 Å². The second-order valence-corrected chi connectivity index (χ2v) is 4.26. The van der Waals surface area contributed by atoms with Crippen molar-refractivity contribution in [2.24, 2.45) is 5.10 Å². The molecule has 2 aromatic rings. The van der Waals surface area contributed by atoms with Crippen LogP contribution in [0.1, 0.15) is 5.56 Å². The maximum absolute atomic E-state index is 13.4. The van der Waals surface area contributed by atoms with Gasteiger partial charge >= 0.3 is 0 Å². The molecule has 0 amide bonds. The Labute approximate surface area is 120 Å². The number of benzene rings is 2. The first kappa shape index (κ1) is 15.2. The molecule has 0 aromatic heterocycles. The fraction of sp³-hybridized carbons (Fsp3) is 0. The van der Waals surface area contributed by atoms with Gasteiger partial charge in [-0.15, -0.1) is 0 Å². The van der Waals surface area contributed by atoms with E-state index < -0.39 is 34.8 Å². The fourth-order valence-electron chi connectivity index (χ4n) is 1.47. The Morgan fingerprint density at radius 2 is 1.57 bits per heavy atom. The van der Waals surface area contributed by atoms with Crippen LogP contribution in [-0.4, -0.2) is 6.21 Å². The molecule has 2 nitrogen and oxygen atoms in total. The van der Waals surface area contributed by atoms with Crippen LogP contribution in [0.15, 0.2) is 29.4 Å². The molecular weight excluding hydrogens is 315 g/mol. The molecule has 0 unspecified atom stereocenters. The highest BCUT2D eigenvalue weighted by Gasteiger charge is 2.18. The summed E-state index contributed by atoms with van der Waals surface area (Å²) in [5.74, 6) is -7.19. The van der Waals surface area contributed by atoms with Gasteiger partial charge in [-0.25, -0.2) is 22.0 Å². The van der Waals surface area contributed by atoms with Gasteiger partial charge in [0.25, 0.3) is 0 Å². The lowest BCUT2D eigenvalue weighted by Crippen LogP contribution is -2.03. The third-order valence-corrected chi connectivity index (χ3v) is 2.81. The Morgan fingerprint density at radius 3 is 2.14 bits per heavy atom. The topological polar surface area (TPSA) is 24.4 Å². The van der Waals surface area contributed by atoms with Gasteiger partial charge in [0.05, 0.1) is 11.2 Å². The van der Waals surface area contributed by atoms with Gasteiger partial charge in [0.1, 0.15) is 11.5 Å². The summed E-state index contributed by atoms with van der Waals surface area (Å²) in [6.07, 6.45) is 0.833. The van der Waals surface area contributed by atoms with Gasteiger partial charge in [0.15, 0.2) is 23.3 Å². The second-order valence-electron chi connectivity index (χ2n) is 3.85. The smallest absolute Gasteiger partial charge is 0.186 e. The highest BCUT2D eigenvalue weighted by molar-refractivity contribution is 6.33. The molecule has 8 heteroatoms. The van der Waals surface area contributed by atoms with E-state index >= 15 is 0 Å². The maximum atomic E-state index is 13.4. The second kappa shape index (κ2) is 6.09. The van der Waals surface area contributed by atoms with Crippen molar-refractivity contribution in [2.45, 2.75) is 0 Å². The highest BCUT2D eigenvalue weighted by atomic mass is 35.5. The lowest BCUT2D eigenvalue weighted by atomic mass is 10.2. The van der Waals surface area contributed by atoms with Crippen LogP contribution in [-0.2, 0) is 0 Å². The van der Waals surface area contributed by atoms with Crippen LogP contribution in [0.3, 0.4) is 0 Å². The fourth-order valence-corrected chi connectivity index (χ4v) is 1.68. The standard InChI is InChI=1S/C13H6ClF5N2/c14-7-2-1-3-8(15)6(7)5-20-21-13-11(18)9(16)4-10(17)12(13)19/h1-5,21H. The first-order valence-corrected chi connectivity index (χ1v) is 5.85. The van der Waals surface area contributed by atoms with E-state index in [2.05, 4.69) is 5.10 Å². The molecule has 0 saturated carbocycles. The van der Waals surface area contributed by atoms with Crippen molar-refractivity contribution in [1.29, 1.82) is 0 Å². The third kappa shape index (κ3) is 3.13. The van der Waals surface area contributed by atoms with Gasteiger partial charge in [-0.05, 0) is 12.1 Å². The summed E-state index contributed by atoms with van der Waals surface area (Å²) in [4.78, 5) is 0. The molecule has 0 atom stereocenters. The molecule has 0 heterocycles. The molecule has 110 valence electrons. The Hall–Kier alpha value is -2.15. The zero-order valence-electron chi connectivity index (χ0n) is 10.1. The summed E-state index contributed by atoms with van der Waals surface area (Å²) >= 11 is 5.70. The molecule has 2 rings (SSSR count). The van der Waals surface area contributed by atoms with Gasteiger partial charge in [-0.3, -0.25) is 5.43 Å². The Kier molecular flexibility index (Phi) is 4.42. The summed E-state index contributed by atoms with van der Waals surface area (Å²) in [6.45, 7) is 0. The predicted octanol–water partition coefficient (Wildman–Crippen LogP) is 4.48. The van der Waals surface area contributed by atoms with E-state index in [1.807, 2.05) is 0 Å². The Balaban J connectivity index is 2.31. The van der Waals surface area contributed by atoms with Crippen LogP contribution in [0, 0.1) is 29.1 Å². The van der Waals surface area contributed by atoms with Gasteiger partial charge < -0.3 is 0 Å². The third-order valence-electron chi connectivity index (χ3n) is 2.48. The monoisotopic (exact) mass is 320 g/mol. The number of halogens is 6. The van der Waals surface area contributed by atoms with E-state index in [4.69, 9.17) is 11.6 Å². The zero-order chi connectivity index (χ0) is 15.6. The van der Waals surface area contributed by atoms with Crippen LogP contribution < -0.4 is 5.43 Å². The van der Waals surface area contributed by atoms with Crippen molar-refractivity contribution < 1.29 is 22.0 Å². The predicted molar refractivity (Wildman–Crippen MR) is 68.9 cm³/mol. The maximum Gasteiger partial charge on any atom is 0.186 e. The first-order valence-electron chi connectivity index (χ1n) is 5.48. The van der Waals surface area contributed by atoms with Crippen molar-refractivity contribution in [3.8, 4) is 0 Å². The number of hydrogen-bond donors (Lipinski definition) is 1. The molecule has 0 aliphatic heterocycles. The van der Waals surface area contributed by atoms with E-state index in [-0.39, 0.29) is 16.7 Å². The molecule has 0 fully saturated rings. The molecular formula is C13H6ClF5N2. The van der Waals surface area contributed by atoms with Crippen LogP contribution in [0.4, 0.5) is 27.6 Å². The van der Waals surface area contributed by atoms with E-state index in [1.165, 1.54) is 12.1 Å². The van der Waals surface area contributed by atoms with Crippen LogP contribution >= 0.6 is 11.6 Å². The van der Waals surface area contributed by atoms with Crippen LogP contribution in [0.2, 0.25) is 5.02 Å². The number of nitrogens with zero attached hydrogens (tertiary/aromatic N) is 1. The number of hydrogen-bond acceptors (Lipinski definition) is 2. The van der Waals surface area contributed by atoms with Crippen LogP contribution in [0.5, 0.6) is 0 Å². The minimum absolute atomic E-state index is 0.00640. The van der Waals surface area contributed by atoms with E-state index in [1.54, 1.807) is 5.43 Å². The van der Waals surface area contributed by atoms with Crippen molar-refractivity contribution in [2.75, 3.05) is 5.43 Å². The van der Waals surface area contributed by atoms with Gasteiger partial charge in [-0.2, -0.15) is 5.10 Å². The molecule has 0 aliphatic carbocycles. The Morgan fingerprint density at radius 1 is 0.952 bits per heavy atom. The van der Waals surface area contributed by atoms with E-state index in [0.717, 1.165) is 12.3 Å². The molecule has 0 aliphatic rings. The number of anilines is 1. The quantitative estimate of drug-likeness (QED) is 0.383. The average Bonchev–Trinajstić information content (AvgIpc) is 2.43. The average molecular weight is 321 g/mol. The van der Waals surface area contributed by atoms with Crippen molar-refractivity contribution in [1.82, 2.24) is 0 Å². The van der Waals surface area contributed by atoms with Crippen molar-refractivity contribution in [3.63, 3.8) is 0 Å². The molecule has 1 N–H and O–H groups in total. The molecule has 0 saturated heterocycles. The SMILES string of the molecule is Fc1cc(F)c(F)c(NN=Cc2c(F)cccc2Cl)c1F.